The molecule has 0 spiro atoms. The Hall–Kier alpha value is -1.95. The van der Waals surface area contributed by atoms with E-state index in [2.05, 4.69) is 9.80 Å². The van der Waals surface area contributed by atoms with Crippen LogP contribution in [-0.2, 0) is 11.3 Å². The first kappa shape index (κ1) is 17.9. The van der Waals surface area contributed by atoms with E-state index < -0.39 is 6.04 Å². The lowest BCUT2D eigenvalue weighted by Crippen LogP contribution is -2.69. The molecule has 1 aromatic rings. The molecule has 5 nitrogen and oxygen atoms in total. The molecular formula is C23H28FN3O2. The molecule has 1 unspecified atom stereocenters. The smallest absolute Gasteiger partial charge is 0.255 e. The van der Waals surface area contributed by atoms with Crippen molar-refractivity contribution in [2.24, 2.45) is 11.8 Å². The zero-order valence-corrected chi connectivity index (χ0v) is 16.7. The van der Waals surface area contributed by atoms with Crippen molar-refractivity contribution in [3.63, 3.8) is 0 Å². The van der Waals surface area contributed by atoms with E-state index in [9.17, 15) is 14.0 Å². The number of carbonyl (C=O) groups excluding carboxylic acids is 2. The lowest BCUT2D eigenvalue weighted by atomic mass is 9.67. The van der Waals surface area contributed by atoms with Crippen LogP contribution in [0.5, 0.6) is 0 Å². The van der Waals surface area contributed by atoms with Gasteiger partial charge in [-0.3, -0.25) is 14.5 Å². The van der Waals surface area contributed by atoms with Gasteiger partial charge in [0, 0.05) is 29.8 Å². The summed E-state index contributed by atoms with van der Waals surface area (Å²) in [5.74, 6) is 0.718. The van der Waals surface area contributed by atoms with Gasteiger partial charge in [0.2, 0.25) is 5.91 Å². The molecule has 4 saturated heterocycles. The molecule has 4 fully saturated rings. The summed E-state index contributed by atoms with van der Waals surface area (Å²) in [7, 11) is 0. The number of amides is 2. The molecule has 1 aromatic carbocycles. The second-order valence-corrected chi connectivity index (χ2v) is 9.59. The highest BCUT2D eigenvalue weighted by molar-refractivity contribution is 6.01. The summed E-state index contributed by atoms with van der Waals surface area (Å²) in [4.78, 5) is 33.0. The van der Waals surface area contributed by atoms with Gasteiger partial charge in [0.15, 0.2) is 0 Å². The summed E-state index contributed by atoms with van der Waals surface area (Å²) < 4.78 is 14.2. The quantitative estimate of drug-likeness (QED) is 0.732. The van der Waals surface area contributed by atoms with Gasteiger partial charge in [-0.15, -0.1) is 0 Å². The highest BCUT2D eigenvalue weighted by atomic mass is 19.1. The third-order valence-corrected chi connectivity index (χ3v) is 8.29. The normalized spacial score (nSPS) is 36.7. The number of piperidine rings is 4. The van der Waals surface area contributed by atoms with Gasteiger partial charge < -0.3 is 9.80 Å². The number of hydrogen-bond donors (Lipinski definition) is 0. The highest BCUT2D eigenvalue weighted by Crippen LogP contribution is 2.45. The first-order valence-electron chi connectivity index (χ1n) is 11.3. The van der Waals surface area contributed by atoms with Crippen molar-refractivity contribution in [3.8, 4) is 0 Å². The largest absolute Gasteiger partial charge is 0.337 e. The molecule has 5 aliphatic rings. The molecule has 5 heterocycles. The molecular weight excluding hydrogens is 369 g/mol. The maximum absolute atomic E-state index is 14.2. The fourth-order valence-electron chi connectivity index (χ4n) is 7.12. The van der Waals surface area contributed by atoms with Gasteiger partial charge in [0.05, 0.1) is 6.54 Å². The first-order chi connectivity index (χ1) is 14.1. The van der Waals surface area contributed by atoms with Crippen molar-refractivity contribution in [2.75, 3.05) is 19.6 Å². The van der Waals surface area contributed by atoms with Crippen LogP contribution in [-0.4, -0.2) is 64.3 Å². The van der Waals surface area contributed by atoms with Crippen LogP contribution in [0.2, 0.25) is 0 Å². The highest BCUT2D eigenvalue weighted by Gasteiger charge is 2.53. The number of benzene rings is 1. The molecule has 5 atom stereocenters. The second-order valence-electron chi connectivity index (χ2n) is 9.59. The minimum Gasteiger partial charge on any atom is -0.337 e. The van der Waals surface area contributed by atoms with Gasteiger partial charge in [-0.1, -0.05) is 6.07 Å². The van der Waals surface area contributed by atoms with E-state index in [1.807, 2.05) is 0 Å². The van der Waals surface area contributed by atoms with E-state index in [4.69, 9.17) is 0 Å². The summed E-state index contributed by atoms with van der Waals surface area (Å²) in [6.45, 7) is 3.49. The van der Waals surface area contributed by atoms with Gasteiger partial charge in [0.25, 0.3) is 5.91 Å². The second kappa shape index (κ2) is 6.53. The van der Waals surface area contributed by atoms with E-state index in [1.54, 1.807) is 17.0 Å². The Morgan fingerprint density at radius 3 is 2.62 bits per heavy atom. The van der Waals surface area contributed by atoms with Crippen molar-refractivity contribution in [2.45, 2.75) is 63.2 Å². The Morgan fingerprint density at radius 2 is 1.79 bits per heavy atom. The van der Waals surface area contributed by atoms with Crippen LogP contribution < -0.4 is 0 Å². The van der Waals surface area contributed by atoms with Crippen LogP contribution in [0.25, 0.3) is 0 Å². The third-order valence-electron chi connectivity index (χ3n) is 8.29. The summed E-state index contributed by atoms with van der Waals surface area (Å²) >= 11 is 0. The van der Waals surface area contributed by atoms with Gasteiger partial charge in [-0.05, 0) is 75.6 Å². The molecule has 5 aliphatic heterocycles. The van der Waals surface area contributed by atoms with Crippen LogP contribution in [0.3, 0.4) is 0 Å². The minimum absolute atomic E-state index is 0.101. The van der Waals surface area contributed by atoms with E-state index >= 15 is 0 Å². The van der Waals surface area contributed by atoms with Gasteiger partial charge in [0.1, 0.15) is 11.9 Å². The molecule has 154 valence electrons. The van der Waals surface area contributed by atoms with Crippen LogP contribution in [0.4, 0.5) is 4.39 Å². The number of nitrogens with zero attached hydrogens (tertiary/aromatic N) is 3. The van der Waals surface area contributed by atoms with Crippen molar-refractivity contribution < 1.29 is 14.0 Å². The molecule has 0 saturated carbocycles. The molecule has 0 bridgehead atoms. The van der Waals surface area contributed by atoms with E-state index in [1.165, 1.54) is 44.8 Å². The topological polar surface area (TPSA) is 43.9 Å². The Morgan fingerprint density at radius 1 is 0.966 bits per heavy atom. The minimum atomic E-state index is -0.439. The Bertz CT molecular complexity index is 872. The lowest BCUT2D eigenvalue weighted by molar-refractivity contribution is -0.157. The number of rotatable bonds is 1. The predicted molar refractivity (Wildman–Crippen MR) is 106 cm³/mol. The fraction of sp³-hybridized carbons (Fsp3) is 0.652. The van der Waals surface area contributed by atoms with Crippen molar-refractivity contribution in [1.82, 2.24) is 14.7 Å². The molecule has 0 N–H and O–H groups in total. The molecule has 0 radical (unpaired) electrons. The fourth-order valence-corrected chi connectivity index (χ4v) is 7.12. The van der Waals surface area contributed by atoms with Crippen LogP contribution in [0, 0.1) is 17.7 Å². The SMILES string of the molecule is O=C1c2cccc(F)c2CN1C1CC[C@@H]2[C@H]3CCCN4CCC[C@@H](CN2C1=O)[C@@H]34. The number of halogens is 1. The maximum Gasteiger partial charge on any atom is 0.255 e. The summed E-state index contributed by atoms with van der Waals surface area (Å²) in [5, 5.41) is 0. The van der Waals surface area contributed by atoms with Crippen LogP contribution in [0.1, 0.15) is 54.4 Å². The molecule has 6 heteroatoms. The number of hydrogen-bond acceptors (Lipinski definition) is 3. The summed E-state index contributed by atoms with van der Waals surface area (Å²) in [5.41, 5.74) is 0.871. The molecule has 6 rings (SSSR count). The van der Waals surface area contributed by atoms with Crippen molar-refractivity contribution in [3.05, 3.63) is 35.1 Å². The standard InChI is InChI=1S/C23H28FN3O2/c24-18-7-1-5-15-17(18)13-27(22(15)28)20-9-8-19-16-6-3-11-25-10-2-4-14(21(16)25)12-26(19)23(20)29/h1,5,7,14,16,19-21H,2-4,6,8-13H2/t14-,16+,19+,20?,21-/m0/s1. The Balaban J connectivity index is 1.27. The third kappa shape index (κ3) is 2.54. The zero-order chi connectivity index (χ0) is 19.7. The molecule has 0 aliphatic carbocycles. The van der Waals surface area contributed by atoms with E-state index in [0.29, 0.717) is 41.5 Å². The van der Waals surface area contributed by atoms with E-state index in [-0.39, 0.29) is 24.2 Å². The maximum atomic E-state index is 14.2. The monoisotopic (exact) mass is 397 g/mol. The average Bonchev–Trinajstić information content (AvgIpc) is 3.07. The zero-order valence-electron chi connectivity index (χ0n) is 16.7. The van der Waals surface area contributed by atoms with Crippen LogP contribution in [0.15, 0.2) is 18.2 Å². The molecule has 29 heavy (non-hydrogen) atoms. The van der Waals surface area contributed by atoms with Gasteiger partial charge in [-0.2, -0.15) is 0 Å². The first-order valence-corrected chi connectivity index (χ1v) is 11.3. The van der Waals surface area contributed by atoms with E-state index in [0.717, 1.165) is 13.0 Å². The number of fused-ring (bicyclic) bond motifs is 3. The Labute approximate surface area is 170 Å². The molecule has 0 aromatic heterocycles. The number of carbonyl (C=O) groups is 2. The predicted octanol–water partition coefficient (Wildman–Crippen LogP) is 2.65. The Kier molecular flexibility index (Phi) is 4.02. The average molecular weight is 397 g/mol. The summed E-state index contributed by atoms with van der Waals surface area (Å²) in [6, 6.07) is 5.19. The van der Waals surface area contributed by atoms with Crippen LogP contribution >= 0.6 is 0 Å². The van der Waals surface area contributed by atoms with Gasteiger partial charge >= 0.3 is 0 Å². The lowest BCUT2D eigenvalue weighted by Gasteiger charge is -2.59. The summed E-state index contributed by atoms with van der Waals surface area (Å²) in [6.07, 6.45) is 6.54. The van der Waals surface area contributed by atoms with Gasteiger partial charge in [-0.25, -0.2) is 4.39 Å². The van der Waals surface area contributed by atoms with Crippen molar-refractivity contribution >= 4 is 11.8 Å². The molecule has 2 amide bonds. The van der Waals surface area contributed by atoms with Crippen molar-refractivity contribution in [1.29, 1.82) is 0 Å².